The molecule has 7 amide bonds. The number of carbonyl (C=O) groups excluding carboxylic acids is 9. The number of carbonyl (C=O) groups is 9. The minimum atomic E-state index is -0.659. The minimum absolute atomic E-state index is 0.000496. The van der Waals surface area contributed by atoms with Gasteiger partial charge in [-0.3, -0.25) is 43.2 Å². The lowest BCUT2D eigenvalue weighted by molar-refractivity contribution is -0.132. The summed E-state index contributed by atoms with van der Waals surface area (Å²) in [4.78, 5) is 116. The van der Waals surface area contributed by atoms with Crippen molar-refractivity contribution in [3.63, 3.8) is 0 Å². The van der Waals surface area contributed by atoms with Crippen LogP contribution in [0.25, 0.3) is 0 Å². The first kappa shape index (κ1) is 89.6. The number of amides is 7. The second-order valence-corrected chi connectivity index (χ2v) is 29.6. The molecule has 0 saturated heterocycles. The lowest BCUT2D eigenvalue weighted by Gasteiger charge is -2.22. The van der Waals surface area contributed by atoms with E-state index in [9.17, 15) is 43.2 Å². The first-order valence-electron chi connectivity index (χ1n) is 37.3. The Hall–Kier alpha value is -4.41. The third kappa shape index (κ3) is 58.2. The van der Waals surface area contributed by atoms with Crippen molar-refractivity contribution in [1.82, 2.24) is 42.5 Å². The third-order valence-corrected chi connectivity index (χ3v) is 16.4. The van der Waals surface area contributed by atoms with Crippen molar-refractivity contribution >= 4 is 52.9 Å². The average Bonchev–Trinajstić information content (AvgIpc) is 1.51. The van der Waals surface area contributed by atoms with Crippen LogP contribution in [0.2, 0.25) is 0 Å². The van der Waals surface area contributed by atoms with Crippen molar-refractivity contribution in [3.05, 3.63) is 0 Å². The van der Waals surface area contributed by atoms with Crippen molar-refractivity contribution in [3.8, 4) is 0 Å². The first-order chi connectivity index (χ1) is 43.5. The van der Waals surface area contributed by atoms with Gasteiger partial charge in [0.2, 0.25) is 41.4 Å². The quantitative estimate of drug-likeness (QED) is 0.0268. The largest absolute Gasteiger partial charge is 0.356 e. The summed E-state index contributed by atoms with van der Waals surface area (Å²) in [5.41, 5.74) is 0. The van der Waals surface area contributed by atoms with Crippen molar-refractivity contribution < 1.29 is 43.2 Å². The Morgan fingerprint density at radius 1 is 0.250 bits per heavy atom. The molecular formula is C75H144N8O9. The molecule has 4 atom stereocenters. The highest BCUT2D eigenvalue weighted by atomic mass is 16.2. The second kappa shape index (κ2) is 58.0. The van der Waals surface area contributed by atoms with E-state index in [-0.39, 0.29) is 77.8 Å². The van der Waals surface area contributed by atoms with Crippen LogP contribution in [0, 0.1) is 41.4 Å². The van der Waals surface area contributed by atoms with Gasteiger partial charge in [0.25, 0.3) is 0 Å². The molecule has 17 heteroatoms. The zero-order chi connectivity index (χ0) is 69.7. The third-order valence-electron chi connectivity index (χ3n) is 16.4. The van der Waals surface area contributed by atoms with Crippen LogP contribution in [0.15, 0.2) is 0 Å². The second-order valence-electron chi connectivity index (χ2n) is 29.6. The molecule has 0 rings (SSSR count). The molecule has 0 aromatic rings. The van der Waals surface area contributed by atoms with Gasteiger partial charge in [-0.25, -0.2) is 0 Å². The summed E-state index contributed by atoms with van der Waals surface area (Å²) in [6.07, 6.45) is 25.8. The number of nitrogens with one attached hydrogen (secondary N) is 8. The zero-order valence-electron chi connectivity index (χ0n) is 62.0. The highest BCUT2D eigenvalue weighted by Gasteiger charge is 2.30. The number of Topliss-reactive ketones (excluding diaryl/α,β-unsaturated/α-hetero) is 2. The van der Waals surface area contributed by atoms with Crippen LogP contribution in [-0.2, 0) is 43.2 Å². The van der Waals surface area contributed by atoms with Crippen LogP contribution in [0.5, 0.6) is 0 Å². The summed E-state index contributed by atoms with van der Waals surface area (Å²) in [5.74, 6) is 1.79. The molecule has 0 aliphatic carbocycles. The van der Waals surface area contributed by atoms with E-state index < -0.39 is 23.9 Å². The van der Waals surface area contributed by atoms with E-state index in [0.717, 1.165) is 129 Å². The van der Waals surface area contributed by atoms with Gasteiger partial charge in [-0.15, -0.1) is 0 Å². The van der Waals surface area contributed by atoms with Gasteiger partial charge in [-0.2, -0.15) is 0 Å². The Morgan fingerprint density at radius 3 is 0.761 bits per heavy atom. The van der Waals surface area contributed by atoms with E-state index in [1.807, 2.05) is 27.7 Å². The first-order valence-corrected chi connectivity index (χ1v) is 37.3. The molecule has 17 nitrogen and oxygen atoms in total. The maximum atomic E-state index is 13.7. The van der Waals surface area contributed by atoms with E-state index in [0.29, 0.717) is 139 Å². The maximum absolute atomic E-state index is 13.7. The van der Waals surface area contributed by atoms with Crippen LogP contribution < -0.4 is 42.5 Å². The van der Waals surface area contributed by atoms with Gasteiger partial charge in [0.1, 0.15) is 0 Å². The molecule has 0 aliphatic heterocycles. The Kier molecular flexibility index (Phi) is 56.5. The molecular weight excluding hydrogens is 1160 g/mol. The van der Waals surface area contributed by atoms with Crippen LogP contribution in [0.4, 0.5) is 0 Å². The molecule has 0 bridgehead atoms. The SMILES string of the molecule is CC(C)CCCCC(=O)NCCCCC(CC(=O)C(CCCCNC(=O)CCCCC(C)C)NC(=O)CCCCC(C)C)C(=O)NC(C)C.CC(C)CCCCC(=O)NCCCCC(NC(=O)CCCCC(C)C)C(=O)CC(CCCCNC(C)C)C(=O)NC(C)C. The van der Waals surface area contributed by atoms with Crippen molar-refractivity contribution in [2.24, 2.45) is 41.4 Å². The summed E-state index contributed by atoms with van der Waals surface area (Å²) in [5, 5.41) is 24.3. The monoisotopic (exact) mass is 1300 g/mol. The van der Waals surface area contributed by atoms with Crippen LogP contribution in [0.3, 0.4) is 0 Å². The van der Waals surface area contributed by atoms with Crippen LogP contribution in [0.1, 0.15) is 329 Å². The number of unbranched alkanes of at least 4 members (excludes halogenated alkanes) is 9. The van der Waals surface area contributed by atoms with Crippen LogP contribution >= 0.6 is 0 Å². The Balaban J connectivity index is 0. The van der Waals surface area contributed by atoms with Crippen molar-refractivity contribution in [2.45, 2.75) is 359 Å². The summed E-state index contributed by atoms with van der Waals surface area (Å²) < 4.78 is 0. The lowest BCUT2D eigenvalue weighted by atomic mass is 9.90. The van der Waals surface area contributed by atoms with Gasteiger partial charge in [0, 0.05) is 94.5 Å². The fourth-order valence-corrected chi connectivity index (χ4v) is 10.9. The molecule has 0 aromatic carbocycles. The lowest BCUT2D eigenvalue weighted by Crippen LogP contribution is -2.43. The summed E-state index contributed by atoms with van der Waals surface area (Å²) in [7, 11) is 0. The summed E-state index contributed by atoms with van der Waals surface area (Å²) in [6, 6.07) is -0.902. The van der Waals surface area contributed by atoms with Crippen molar-refractivity contribution in [2.75, 3.05) is 26.2 Å². The number of hydrogen-bond donors (Lipinski definition) is 8. The molecule has 0 aliphatic rings. The minimum Gasteiger partial charge on any atom is -0.356 e. The Bertz CT molecular complexity index is 1960. The van der Waals surface area contributed by atoms with E-state index in [4.69, 9.17) is 0 Å². The Labute approximate surface area is 563 Å². The molecule has 0 heterocycles. The van der Waals surface area contributed by atoms with E-state index >= 15 is 0 Å². The predicted molar refractivity (Wildman–Crippen MR) is 381 cm³/mol. The van der Waals surface area contributed by atoms with Gasteiger partial charge >= 0.3 is 0 Å². The molecule has 4 unspecified atom stereocenters. The molecule has 538 valence electrons. The number of rotatable bonds is 58. The maximum Gasteiger partial charge on any atom is 0.223 e. The molecule has 8 N–H and O–H groups in total. The smallest absolute Gasteiger partial charge is 0.223 e. The molecule has 0 radical (unpaired) electrons. The van der Waals surface area contributed by atoms with Gasteiger partial charge in [0.05, 0.1) is 12.1 Å². The van der Waals surface area contributed by atoms with Crippen molar-refractivity contribution in [1.29, 1.82) is 0 Å². The summed E-state index contributed by atoms with van der Waals surface area (Å²) >= 11 is 0. The standard InChI is InChI=1S/C40H76N4O5.C35H68N4O4/c1-30(2)19-9-12-24-37(46)41-27-17-15-22-34(40(49)43-33(7)8)29-36(45)35(44-39(48)26-14-11-21-32(5)6)23-16-18-28-42-38(47)25-13-10-20-31(3)4;1-26(2)17-9-11-21-33(41)37-24-16-14-20-31(39-34(42)22-12-10-18-27(3)4)32(40)25-30(35(43)38-29(7)8)19-13-15-23-36-28(5)6/h30-35H,9-29H2,1-8H3,(H,41,46)(H,42,47)(H,43,49)(H,44,48);26-31,36H,9-25H2,1-8H3,(H,37,41)(H,38,43)(H,39,42). The molecule has 0 fully saturated rings. The average molecular weight is 1300 g/mol. The highest BCUT2D eigenvalue weighted by Crippen LogP contribution is 2.21. The van der Waals surface area contributed by atoms with Gasteiger partial charge in [0.15, 0.2) is 11.6 Å². The van der Waals surface area contributed by atoms with Gasteiger partial charge in [-0.05, 0) is 160 Å². The highest BCUT2D eigenvalue weighted by molar-refractivity contribution is 5.93. The normalized spacial score (nSPS) is 12.9. The molecule has 92 heavy (non-hydrogen) atoms. The van der Waals surface area contributed by atoms with Gasteiger partial charge in [-0.1, -0.05) is 160 Å². The van der Waals surface area contributed by atoms with E-state index in [1.54, 1.807) is 0 Å². The van der Waals surface area contributed by atoms with Crippen LogP contribution in [-0.4, -0.2) is 109 Å². The molecule has 0 saturated carbocycles. The van der Waals surface area contributed by atoms with E-state index in [2.05, 4.69) is 126 Å². The van der Waals surface area contributed by atoms with E-state index in [1.165, 1.54) is 0 Å². The predicted octanol–water partition coefficient (Wildman–Crippen LogP) is 14.3. The molecule has 0 spiro atoms. The number of hydrogen-bond acceptors (Lipinski definition) is 10. The number of ketones is 2. The summed E-state index contributed by atoms with van der Waals surface area (Å²) in [6.45, 7) is 36.3. The fourth-order valence-electron chi connectivity index (χ4n) is 10.9. The topological polar surface area (TPSA) is 250 Å². The van der Waals surface area contributed by atoms with Gasteiger partial charge < -0.3 is 42.5 Å². The molecule has 0 aromatic heterocycles. The zero-order valence-corrected chi connectivity index (χ0v) is 62.0. The fraction of sp³-hybridized carbons (Fsp3) is 0.880. The Morgan fingerprint density at radius 2 is 0.500 bits per heavy atom.